The molecule has 0 radical (unpaired) electrons. The Bertz CT molecular complexity index is 1840. The highest BCUT2D eigenvalue weighted by molar-refractivity contribution is 7.22. The van der Waals surface area contributed by atoms with Crippen LogP contribution in [0.25, 0.3) is 32.0 Å². The Morgan fingerprint density at radius 3 is 2.66 bits per heavy atom. The van der Waals surface area contributed by atoms with Gasteiger partial charge in [0.25, 0.3) is 0 Å². The molecule has 3 aromatic heterocycles. The van der Waals surface area contributed by atoms with Gasteiger partial charge < -0.3 is 28.6 Å². The van der Waals surface area contributed by atoms with E-state index in [-0.39, 0.29) is 24.7 Å². The SMILES string of the molecule is CCOC(=O)[C@@H](Cc1ccccc1O)Oc1ncnc2sc(-c3ccco3)c(-c3ccc(OCCN4CCN(C)CC4)c(Cl)c3C)c12. The van der Waals surface area contributed by atoms with Gasteiger partial charge in [-0.05, 0) is 61.9 Å². The van der Waals surface area contributed by atoms with Crippen LogP contribution in [0.3, 0.4) is 0 Å². The molecule has 6 rings (SSSR count). The number of ether oxygens (including phenoxy) is 3. The minimum atomic E-state index is -1.08. The van der Waals surface area contributed by atoms with Crippen LogP contribution in [-0.2, 0) is 16.0 Å². The van der Waals surface area contributed by atoms with Crippen molar-refractivity contribution < 1.29 is 28.5 Å². The van der Waals surface area contributed by atoms with E-state index in [1.165, 1.54) is 17.7 Å². The quantitative estimate of drug-likeness (QED) is 0.148. The lowest BCUT2D eigenvalue weighted by atomic mass is 9.97. The third-order valence-electron chi connectivity index (χ3n) is 8.28. The third-order valence-corrected chi connectivity index (χ3v) is 9.86. The molecule has 1 aliphatic heterocycles. The predicted octanol–water partition coefficient (Wildman–Crippen LogP) is 6.47. The lowest BCUT2D eigenvalue weighted by Crippen LogP contribution is -2.45. The maximum atomic E-state index is 13.2. The lowest BCUT2D eigenvalue weighted by molar-refractivity contribution is -0.151. The topological polar surface area (TPSA) is 110 Å². The van der Waals surface area contributed by atoms with Crippen LogP contribution in [0.2, 0.25) is 5.02 Å². The molecule has 1 N–H and O–H groups in total. The van der Waals surface area contributed by atoms with Gasteiger partial charge in [0.1, 0.15) is 35.0 Å². The van der Waals surface area contributed by atoms with Gasteiger partial charge >= 0.3 is 5.97 Å². The smallest absolute Gasteiger partial charge is 0.347 e. The highest BCUT2D eigenvalue weighted by Crippen LogP contribution is 2.49. The number of esters is 1. The van der Waals surface area contributed by atoms with Gasteiger partial charge in [0.2, 0.25) is 12.0 Å². The number of rotatable bonds is 12. The Hall–Kier alpha value is -4.16. The van der Waals surface area contributed by atoms with Gasteiger partial charge in [-0.15, -0.1) is 11.3 Å². The van der Waals surface area contributed by atoms with Crippen molar-refractivity contribution in [1.82, 2.24) is 19.8 Å². The average Bonchev–Trinajstić information content (AvgIpc) is 3.74. The molecule has 47 heavy (non-hydrogen) atoms. The standard InChI is InChI=1S/C35H37ClN4O6S/c1-4-43-35(42)28(20-23-8-5-6-9-25(23)41)46-33-30-29(32(27-10-7-18-44-27)47-34(30)38-21-37-33)24-11-12-26(31(36)22(24)2)45-19-17-40-15-13-39(3)14-16-40/h5-12,18,21,28,41H,4,13-17,19-20H2,1-3H3/t28-/m1/s1. The van der Waals surface area contributed by atoms with Crippen LogP contribution in [0.15, 0.2) is 65.5 Å². The molecule has 0 aliphatic carbocycles. The van der Waals surface area contributed by atoms with Crippen LogP contribution >= 0.6 is 22.9 Å². The molecule has 12 heteroatoms. The molecule has 0 amide bonds. The minimum absolute atomic E-state index is 0.0608. The lowest BCUT2D eigenvalue weighted by Gasteiger charge is -2.32. The van der Waals surface area contributed by atoms with Gasteiger partial charge in [0.15, 0.2) is 0 Å². The number of phenols is 1. The third kappa shape index (κ3) is 7.23. The number of halogens is 1. The predicted molar refractivity (Wildman–Crippen MR) is 183 cm³/mol. The zero-order valence-corrected chi connectivity index (χ0v) is 28.1. The van der Waals surface area contributed by atoms with Crippen LogP contribution in [0.5, 0.6) is 17.4 Å². The molecule has 10 nitrogen and oxygen atoms in total. The molecule has 4 heterocycles. The fourth-order valence-electron chi connectivity index (χ4n) is 5.66. The molecular weight excluding hydrogens is 640 g/mol. The number of piperazine rings is 1. The molecule has 1 aliphatic rings. The van der Waals surface area contributed by atoms with Crippen LogP contribution in [0.1, 0.15) is 18.1 Å². The number of para-hydroxylation sites is 1. The summed E-state index contributed by atoms with van der Waals surface area (Å²) < 4.78 is 23.8. The maximum absolute atomic E-state index is 13.2. The summed E-state index contributed by atoms with van der Waals surface area (Å²) in [5.74, 6) is 0.955. The highest BCUT2D eigenvalue weighted by Gasteiger charge is 2.29. The van der Waals surface area contributed by atoms with Crippen LogP contribution in [0, 0.1) is 6.92 Å². The van der Waals surface area contributed by atoms with E-state index in [0.29, 0.717) is 38.9 Å². The van der Waals surface area contributed by atoms with Crippen molar-refractivity contribution in [2.45, 2.75) is 26.4 Å². The number of nitrogens with zero attached hydrogens (tertiary/aromatic N) is 4. The summed E-state index contributed by atoms with van der Waals surface area (Å²) >= 11 is 8.40. The fraction of sp³-hybridized carbons (Fsp3) is 0.343. The Labute approximate surface area is 282 Å². The summed E-state index contributed by atoms with van der Waals surface area (Å²) in [5, 5.41) is 11.6. The number of likely N-dealkylation sites (N-methyl/N-ethyl adjacent to an activating group) is 1. The summed E-state index contributed by atoms with van der Waals surface area (Å²) in [5.41, 5.74) is 2.95. The second-order valence-corrected chi connectivity index (χ2v) is 12.8. The zero-order valence-electron chi connectivity index (χ0n) is 26.6. The second kappa shape index (κ2) is 14.7. The number of aromatic nitrogens is 2. The second-order valence-electron chi connectivity index (χ2n) is 11.4. The highest BCUT2D eigenvalue weighted by atomic mass is 35.5. The van der Waals surface area contributed by atoms with Gasteiger partial charge in [-0.2, -0.15) is 0 Å². The Kier molecular flexibility index (Phi) is 10.3. The number of phenolic OH excluding ortho intramolecular Hbond substituents is 1. The van der Waals surface area contributed by atoms with E-state index in [2.05, 4.69) is 26.8 Å². The average molecular weight is 677 g/mol. The molecule has 0 bridgehead atoms. The normalized spacial score (nSPS) is 14.7. The van der Waals surface area contributed by atoms with Crippen molar-refractivity contribution in [2.75, 3.05) is 53.0 Å². The number of aromatic hydroxyl groups is 1. The van der Waals surface area contributed by atoms with E-state index in [1.54, 1.807) is 37.5 Å². The van der Waals surface area contributed by atoms with Gasteiger partial charge in [-0.25, -0.2) is 14.8 Å². The number of hydrogen-bond acceptors (Lipinski definition) is 11. The number of carbonyl (C=O) groups is 1. The van der Waals surface area contributed by atoms with Crippen molar-refractivity contribution in [3.8, 4) is 39.1 Å². The number of hydrogen-bond donors (Lipinski definition) is 1. The van der Waals surface area contributed by atoms with E-state index in [9.17, 15) is 9.90 Å². The Balaban J connectivity index is 1.37. The van der Waals surface area contributed by atoms with Crippen molar-refractivity contribution >= 4 is 39.1 Å². The van der Waals surface area contributed by atoms with E-state index in [4.69, 9.17) is 30.2 Å². The number of furan rings is 1. The molecule has 1 atom stereocenters. The first kappa shape index (κ1) is 32.8. The summed E-state index contributed by atoms with van der Waals surface area (Å²) in [4.78, 5) is 28.4. The molecule has 1 fully saturated rings. The molecule has 0 saturated carbocycles. The molecule has 0 unspecified atom stereocenters. The van der Waals surface area contributed by atoms with Crippen LogP contribution in [0.4, 0.5) is 0 Å². The Morgan fingerprint density at radius 2 is 1.91 bits per heavy atom. The number of carbonyl (C=O) groups excluding carboxylic acids is 1. The first-order chi connectivity index (χ1) is 22.8. The van der Waals surface area contributed by atoms with E-state index in [0.717, 1.165) is 54.3 Å². The van der Waals surface area contributed by atoms with E-state index in [1.807, 2.05) is 31.2 Å². The number of thiophene rings is 1. The minimum Gasteiger partial charge on any atom is -0.508 e. The molecular formula is C35H37ClN4O6S. The number of fused-ring (bicyclic) bond motifs is 1. The summed E-state index contributed by atoms with van der Waals surface area (Å²) in [7, 11) is 2.14. The van der Waals surface area contributed by atoms with Crippen molar-refractivity contribution in [3.05, 3.63) is 77.3 Å². The zero-order chi connectivity index (χ0) is 32.9. The van der Waals surface area contributed by atoms with Gasteiger partial charge in [-0.1, -0.05) is 35.9 Å². The summed E-state index contributed by atoms with van der Waals surface area (Å²) in [6.45, 7) is 9.33. The summed E-state index contributed by atoms with van der Waals surface area (Å²) in [6.07, 6.45) is 2.02. The van der Waals surface area contributed by atoms with Crippen molar-refractivity contribution in [3.63, 3.8) is 0 Å². The summed E-state index contributed by atoms with van der Waals surface area (Å²) in [6, 6.07) is 14.4. The Morgan fingerprint density at radius 1 is 1.11 bits per heavy atom. The maximum Gasteiger partial charge on any atom is 0.347 e. The largest absolute Gasteiger partial charge is 0.508 e. The molecule has 0 spiro atoms. The molecule has 5 aromatic rings. The van der Waals surface area contributed by atoms with Gasteiger partial charge in [-0.3, -0.25) is 4.90 Å². The van der Waals surface area contributed by atoms with Crippen molar-refractivity contribution in [1.29, 1.82) is 0 Å². The van der Waals surface area contributed by atoms with Crippen LogP contribution in [-0.4, -0.2) is 89.9 Å². The molecule has 1 saturated heterocycles. The number of benzene rings is 2. The van der Waals surface area contributed by atoms with Crippen LogP contribution < -0.4 is 9.47 Å². The van der Waals surface area contributed by atoms with E-state index >= 15 is 0 Å². The monoisotopic (exact) mass is 676 g/mol. The van der Waals surface area contributed by atoms with Gasteiger partial charge in [0.05, 0.1) is 28.2 Å². The molecule has 246 valence electrons. The van der Waals surface area contributed by atoms with Crippen molar-refractivity contribution in [2.24, 2.45) is 0 Å². The molecule has 2 aromatic carbocycles. The first-order valence-electron chi connectivity index (χ1n) is 15.6. The van der Waals surface area contributed by atoms with Gasteiger partial charge in [0, 0.05) is 44.7 Å². The first-order valence-corrected chi connectivity index (χ1v) is 16.8. The fourth-order valence-corrected chi connectivity index (χ4v) is 6.99. The van der Waals surface area contributed by atoms with E-state index < -0.39 is 12.1 Å².